The van der Waals surface area contributed by atoms with Gasteiger partial charge in [-0.25, -0.2) is 13.6 Å². The first-order valence-corrected chi connectivity index (χ1v) is 14.6. The van der Waals surface area contributed by atoms with Gasteiger partial charge in [0.05, 0.1) is 20.8 Å². The van der Waals surface area contributed by atoms with E-state index in [9.17, 15) is 23.5 Å². The summed E-state index contributed by atoms with van der Waals surface area (Å²) in [5.74, 6) is -3.84. The van der Waals surface area contributed by atoms with Crippen LogP contribution in [0.2, 0.25) is 5.02 Å². The summed E-state index contributed by atoms with van der Waals surface area (Å²) in [5, 5.41) is 9.72. The highest BCUT2D eigenvalue weighted by molar-refractivity contribution is 8.07. The molecule has 0 bridgehead atoms. The predicted octanol–water partition coefficient (Wildman–Crippen LogP) is 4.14. The second-order valence-corrected chi connectivity index (χ2v) is 11.9. The van der Waals surface area contributed by atoms with Crippen molar-refractivity contribution in [2.24, 2.45) is 0 Å². The summed E-state index contributed by atoms with van der Waals surface area (Å²) in [6.45, 7) is -5.92. The van der Waals surface area contributed by atoms with Gasteiger partial charge in [-0.2, -0.15) is 8.78 Å². The van der Waals surface area contributed by atoms with Crippen LogP contribution in [0.1, 0.15) is 6.23 Å². The molecule has 3 aromatic rings. The Balaban J connectivity index is 1.69. The van der Waals surface area contributed by atoms with Gasteiger partial charge in [0.2, 0.25) is 5.60 Å². The van der Waals surface area contributed by atoms with E-state index in [0.29, 0.717) is 17.7 Å². The van der Waals surface area contributed by atoms with Crippen molar-refractivity contribution in [2.45, 2.75) is 30.3 Å². The van der Waals surface area contributed by atoms with Gasteiger partial charge < -0.3 is 28.4 Å². The minimum atomic E-state index is -4.74. The normalized spacial score (nSPS) is 21.7. The predicted molar refractivity (Wildman–Crippen MR) is 144 cm³/mol. The van der Waals surface area contributed by atoms with Gasteiger partial charge in [0.25, 0.3) is 12.0 Å². The number of nitrogens with zero attached hydrogens (tertiary/aromatic N) is 1. The molecule has 18 heteroatoms. The summed E-state index contributed by atoms with van der Waals surface area (Å²) < 4.78 is 92.0. The highest BCUT2D eigenvalue weighted by Crippen LogP contribution is 2.56. The zero-order chi connectivity index (χ0) is 30.9. The summed E-state index contributed by atoms with van der Waals surface area (Å²) >= 11 is 11.1. The lowest BCUT2D eigenvalue weighted by molar-refractivity contribution is -0.242. The number of aromatic amines is 1. The van der Waals surface area contributed by atoms with E-state index in [1.807, 2.05) is 0 Å². The van der Waals surface area contributed by atoms with Crippen LogP contribution in [0, 0.1) is 0 Å². The van der Waals surface area contributed by atoms with Crippen LogP contribution in [-0.2, 0) is 21.1 Å². The topological polar surface area (TPSA) is 130 Å². The number of halogens is 5. The van der Waals surface area contributed by atoms with Crippen LogP contribution in [0.5, 0.6) is 23.0 Å². The number of rotatable bonds is 11. The van der Waals surface area contributed by atoms with E-state index in [2.05, 4.69) is 0 Å². The van der Waals surface area contributed by atoms with Gasteiger partial charge >= 0.3 is 18.3 Å². The Bertz CT molecular complexity index is 1520. The molecule has 1 fully saturated rings. The summed E-state index contributed by atoms with van der Waals surface area (Å²) in [6, 6.07) is 11.5. The maximum atomic E-state index is 15.5. The van der Waals surface area contributed by atoms with Crippen molar-refractivity contribution in [3.8, 4) is 23.0 Å². The van der Waals surface area contributed by atoms with Crippen LogP contribution in [0.25, 0.3) is 0 Å². The smallest absolute Gasteiger partial charge is 0.435 e. The third-order valence-corrected chi connectivity index (χ3v) is 8.43. The van der Waals surface area contributed by atoms with Crippen LogP contribution in [0.15, 0.2) is 64.3 Å². The molecule has 11 nitrogen and oxygen atoms in total. The van der Waals surface area contributed by atoms with Crippen LogP contribution >= 0.6 is 18.3 Å². The molecule has 42 heavy (non-hydrogen) atoms. The molecule has 0 amide bonds. The van der Waals surface area contributed by atoms with Crippen LogP contribution < -0.4 is 29.8 Å². The van der Waals surface area contributed by atoms with Gasteiger partial charge in [0.15, 0.2) is 12.3 Å². The molecule has 2 N–H and O–H groups in total. The monoisotopic (exact) mass is 656 g/mol. The molecule has 1 aliphatic rings. The van der Waals surface area contributed by atoms with E-state index in [4.69, 9.17) is 51.2 Å². The Labute approximate surface area is 244 Å². The van der Waals surface area contributed by atoms with Crippen molar-refractivity contribution in [1.82, 2.24) is 9.55 Å². The molecule has 228 valence electrons. The Morgan fingerprint density at radius 3 is 1.95 bits per heavy atom. The number of aromatic nitrogens is 2. The number of hydrogen-bond donors (Lipinski definition) is 2. The van der Waals surface area contributed by atoms with E-state index in [1.165, 1.54) is 62.8 Å². The minimum absolute atomic E-state index is 0.0187. The van der Waals surface area contributed by atoms with Crippen molar-refractivity contribution < 1.29 is 50.5 Å². The largest absolute Gasteiger partial charge is 0.497 e. The van der Waals surface area contributed by atoms with E-state index in [-0.39, 0.29) is 16.1 Å². The number of benzene rings is 2. The molecule has 0 aliphatic carbocycles. The van der Waals surface area contributed by atoms with E-state index in [0.717, 1.165) is 0 Å². The number of aliphatic hydroxyl groups excluding tert-OH is 1. The molecule has 2 aromatic carbocycles. The first kappa shape index (κ1) is 31.8. The molecule has 2 heterocycles. The maximum Gasteiger partial charge on any atom is 0.435 e. The molecule has 3 unspecified atom stereocenters. The van der Waals surface area contributed by atoms with Crippen LogP contribution in [-0.4, -0.2) is 59.5 Å². The zero-order valence-corrected chi connectivity index (χ0v) is 24.0. The second kappa shape index (κ2) is 12.2. The van der Waals surface area contributed by atoms with Crippen molar-refractivity contribution in [3.05, 3.63) is 80.6 Å². The summed E-state index contributed by atoms with van der Waals surface area (Å²) in [7, 11) is 2.83. The molecule has 3 atom stereocenters. The second-order valence-electron chi connectivity index (χ2n) is 8.66. The molecular formula is C24H22ClF4N2O9PS. The first-order valence-electron chi connectivity index (χ1n) is 11.7. The number of ether oxygens (including phenoxy) is 3. The maximum absolute atomic E-state index is 15.5. The zero-order valence-electron chi connectivity index (χ0n) is 21.5. The lowest BCUT2D eigenvalue weighted by Crippen LogP contribution is -2.57. The van der Waals surface area contributed by atoms with Crippen molar-refractivity contribution in [1.29, 1.82) is 0 Å². The van der Waals surface area contributed by atoms with E-state index in [1.54, 1.807) is 4.98 Å². The number of hydrogen-bond acceptors (Lipinski definition) is 10. The molecule has 0 radical (unpaired) electrons. The molecule has 1 saturated heterocycles. The molecule has 0 spiro atoms. The molecule has 1 aromatic heterocycles. The number of H-pyrrole nitrogens is 1. The Morgan fingerprint density at radius 1 is 1.02 bits per heavy atom. The fourth-order valence-electron chi connectivity index (χ4n) is 3.81. The van der Waals surface area contributed by atoms with Crippen molar-refractivity contribution in [2.75, 3.05) is 20.8 Å². The SMILES string of the molecule is COc1ccc(OP(=S)(OCC2(C(F)F)OC(n3cc(Cl)c(=O)[nH]c3=O)C(O)C2(F)F)Oc2ccc(OC)cc2)cc1. The average Bonchev–Trinajstić information content (AvgIpc) is 3.16. The fraction of sp³-hybridized carbons (Fsp3) is 0.333. The molecular weight excluding hydrogens is 635 g/mol. The number of methoxy groups -OCH3 is 2. The fourth-order valence-corrected chi connectivity index (χ4v) is 5.89. The van der Waals surface area contributed by atoms with E-state index >= 15 is 8.78 Å². The lowest BCUT2D eigenvalue weighted by atomic mass is 9.95. The Morgan fingerprint density at radius 2 is 1.50 bits per heavy atom. The van der Waals surface area contributed by atoms with E-state index < -0.39 is 59.9 Å². The van der Waals surface area contributed by atoms with Gasteiger partial charge in [-0.05, 0) is 48.5 Å². The van der Waals surface area contributed by atoms with Gasteiger partial charge in [-0.3, -0.25) is 18.9 Å². The minimum Gasteiger partial charge on any atom is -0.497 e. The molecule has 0 saturated carbocycles. The number of nitrogens with one attached hydrogen (secondary N) is 1. The Hall–Kier alpha value is -3.14. The van der Waals surface area contributed by atoms with Crippen LogP contribution in [0.3, 0.4) is 0 Å². The molecule has 1 aliphatic heterocycles. The van der Waals surface area contributed by atoms with Gasteiger partial charge in [-0.1, -0.05) is 11.6 Å². The Kier molecular flexibility index (Phi) is 9.25. The third-order valence-electron chi connectivity index (χ3n) is 6.08. The summed E-state index contributed by atoms with van der Waals surface area (Å²) in [6.07, 6.45) is -8.87. The third kappa shape index (κ3) is 6.14. The standard InChI is InChI=1S/C24H22ClF4N2O9PS/c1-35-13-3-7-15(8-4-13)39-41(42,40-16-9-5-14(36-2)6-10-16)37-12-23(21(26)27)24(28,29)18(32)20(38-23)31-11-17(25)19(33)30-22(31)34/h3-11,18,20-21,32H,12H2,1-2H3,(H,30,33,34). The average molecular weight is 657 g/mol. The highest BCUT2D eigenvalue weighted by atomic mass is 35.5. The summed E-state index contributed by atoms with van der Waals surface area (Å²) in [5.41, 5.74) is -6.30. The van der Waals surface area contributed by atoms with Crippen molar-refractivity contribution in [3.63, 3.8) is 0 Å². The highest BCUT2D eigenvalue weighted by Gasteiger charge is 2.74. The van der Waals surface area contributed by atoms with Crippen molar-refractivity contribution >= 4 is 30.1 Å². The van der Waals surface area contributed by atoms with Gasteiger partial charge in [0.1, 0.15) is 28.0 Å². The molecule has 4 rings (SSSR count). The van der Waals surface area contributed by atoms with Gasteiger partial charge in [-0.15, -0.1) is 0 Å². The summed E-state index contributed by atoms with van der Waals surface area (Å²) in [4.78, 5) is 25.6. The first-order chi connectivity index (χ1) is 19.7. The van der Waals surface area contributed by atoms with Gasteiger partial charge in [0, 0.05) is 18.0 Å². The quantitative estimate of drug-likeness (QED) is 0.230. The van der Waals surface area contributed by atoms with Crippen LogP contribution in [0.4, 0.5) is 17.6 Å². The number of alkyl halides is 4. The lowest BCUT2D eigenvalue weighted by Gasteiger charge is -2.34. The number of aliphatic hydroxyl groups is 1.